The zero-order chi connectivity index (χ0) is 14.3. The molecule has 0 saturated heterocycles. The number of esters is 1. The quantitative estimate of drug-likeness (QED) is 0.809. The molecule has 1 aliphatic rings. The molecule has 0 atom stereocenters. The second-order valence-corrected chi connectivity index (χ2v) is 6.44. The van der Waals surface area contributed by atoms with Crippen LogP contribution in [0.4, 0.5) is 0 Å². The van der Waals surface area contributed by atoms with Gasteiger partial charge in [-0.25, -0.2) is 4.79 Å². The Bertz CT molecular complexity index is 653. The van der Waals surface area contributed by atoms with Crippen molar-refractivity contribution in [1.29, 1.82) is 0 Å². The van der Waals surface area contributed by atoms with Crippen LogP contribution in [0.3, 0.4) is 0 Å². The highest BCUT2D eigenvalue weighted by Crippen LogP contribution is 2.46. The Morgan fingerprint density at radius 2 is 2.25 bits per heavy atom. The Kier molecular flexibility index (Phi) is 3.38. The molecule has 4 nitrogen and oxygen atoms in total. The minimum atomic E-state index is -0.357. The van der Waals surface area contributed by atoms with Crippen molar-refractivity contribution in [3.8, 4) is 11.3 Å². The number of hydrogen-bond acceptors (Lipinski definition) is 4. The van der Waals surface area contributed by atoms with Gasteiger partial charge in [0, 0.05) is 22.4 Å². The predicted octanol–water partition coefficient (Wildman–Crippen LogP) is 3.51. The van der Waals surface area contributed by atoms with Crippen molar-refractivity contribution in [1.82, 2.24) is 9.78 Å². The highest BCUT2D eigenvalue weighted by Gasteiger charge is 2.27. The van der Waals surface area contributed by atoms with Crippen LogP contribution in [0.15, 0.2) is 12.1 Å². The van der Waals surface area contributed by atoms with Gasteiger partial charge in [-0.05, 0) is 44.7 Å². The first kappa shape index (κ1) is 13.4. The van der Waals surface area contributed by atoms with Crippen LogP contribution in [0.25, 0.3) is 11.3 Å². The molecule has 1 aliphatic carbocycles. The Morgan fingerprint density at radius 3 is 2.90 bits per heavy atom. The van der Waals surface area contributed by atoms with Crippen LogP contribution < -0.4 is 0 Å². The molecule has 5 heteroatoms. The molecule has 0 unspecified atom stereocenters. The summed E-state index contributed by atoms with van der Waals surface area (Å²) < 4.78 is 6.77. The molecule has 2 aromatic heterocycles. The molecular formula is C15H18N2O2S. The Morgan fingerprint density at radius 1 is 1.50 bits per heavy atom. The van der Waals surface area contributed by atoms with Gasteiger partial charge in [0.1, 0.15) is 0 Å². The van der Waals surface area contributed by atoms with E-state index >= 15 is 0 Å². The van der Waals surface area contributed by atoms with Crippen LogP contribution in [0.2, 0.25) is 0 Å². The normalized spacial score (nSPS) is 14.6. The van der Waals surface area contributed by atoms with Crippen LogP contribution in [0.1, 0.15) is 45.9 Å². The zero-order valence-corrected chi connectivity index (χ0v) is 12.8. The van der Waals surface area contributed by atoms with Crippen LogP contribution in [0.5, 0.6) is 0 Å². The SMILES string of the molecule is CCOC(=O)c1cc(-c2cc(C3CC3)sc2C)n(C)n1. The van der Waals surface area contributed by atoms with Crippen molar-refractivity contribution in [2.75, 3.05) is 6.61 Å². The monoisotopic (exact) mass is 290 g/mol. The lowest BCUT2D eigenvalue weighted by Gasteiger charge is -1.99. The maximum Gasteiger partial charge on any atom is 0.358 e. The van der Waals surface area contributed by atoms with Gasteiger partial charge in [0.05, 0.1) is 12.3 Å². The molecule has 0 aromatic carbocycles. The van der Waals surface area contributed by atoms with Gasteiger partial charge in [-0.2, -0.15) is 5.10 Å². The summed E-state index contributed by atoms with van der Waals surface area (Å²) in [5.74, 6) is 0.398. The number of rotatable bonds is 4. The number of nitrogens with zero attached hydrogens (tertiary/aromatic N) is 2. The summed E-state index contributed by atoms with van der Waals surface area (Å²) in [7, 11) is 1.87. The summed E-state index contributed by atoms with van der Waals surface area (Å²) in [6, 6.07) is 4.08. The third-order valence-corrected chi connectivity index (χ3v) is 4.77. The number of ether oxygens (including phenoxy) is 1. The first-order valence-corrected chi connectivity index (χ1v) is 7.73. The number of carbonyl (C=O) groups excluding carboxylic acids is 1. The Hall–Kier alpha value is -1.62. The van der Waals surface area contributed by atoms with Crippen molar-refractivity contribution in [3.05, 3.63) is 27.6 Å². The second-order valence-electron chi connectivity index (χ2n) is 5.15. The number of carbonyl (C=O) groups is 1. The molecule has 1 fully saturated rings. The number of thiophene rings is 1. The van der Waals surface area contributed by atoms with E-state index < -0.39 is 0 Å². The summed E-state index contributed by atoms with van der Waals surface area (Å²) >= 11 is 1.86. The summed E-state index contributed by atoms with van der Waals surface area (Å²) in [6.07, 6.45) is 2.61. The molecule has 20 heavy (non-hydrogen) atoms. The summed E-state index contributed by atoms with van der Waals surface area (Å²) in [5, 5.41) is 4.26. The Labute approximate surface area is 122 Å². The van der Waals surface area contributed by atoms with Gasteiger partial charge in [0.25, 0.3) is 0 Å². The highest BCUT2D eigenvalue weighted by molar-refractivity contribution is 7.12. The fraction of sp³-hybridized carbons (Fsp3) is 0.467. The average molecular weight is 290 g/mol. The van der Waals surface area contributed by atoms with E-state index in [1.165, 1.54) is 28.2 Å². The van der Waals surface area contributed by atoms with E-state index in [2.05, 4.69) is 18.1 Å². The summed E-state index contributed by atoms with van der Waals surface area (Å²) in [6.45, 7) is 4.30. The van der Waals surface area contributed by atoms with Gasteiger partial charge < -0.3 is 4.74 Å². The van der Waals surface area contributed by atoms with E-state index in [0.29, 0.717) is 12.3 Å². The van der Waals surface area contributed by atoms with Crippen molar-refractivity contribution >= 4 is 17.3 Å². The van der Waals surface area contributed by atoms with Crippen molar-refractivity contribution in [3.63, 3.8) is 0 Å². The van der Waals surface area contributed by atoms with E-state index in [4.69, 9.17) is 4.74 Å². The molecule has 106 valence electrons. The van der Waals surface area contributed by atoms with Crippen LogP contribution in [-0.4, -0.2) is 22.4 Å². The minimum Gasteiger partial charge on any atom is -0.461 e. The third kappa shape index (κ3) is 2.38. The molecule has 0 bridgehead atoms. The molecule has 0 radical (unpaired) electrons. The molecule has 0 spiro atoms. The smallest absolute Gasteiger partial charge is 0.358 e. The van der Waals surface area contributed by atoms with Crippen molar-refractivity contribution in [2.45, 2.75) is 32.6 Å². The second kappa shape index (κ2) is 5.05. The lowest BCUT2D eigenvalue weighted by Crippen LogP contribution is -2.05. The largest absolute Gasteiger partial charge is 0.461 e. The molecule has 1 saturated carbocycles. The zero-order valence-electron chi connectivity index (χ0n) is 12.0. The maximum atomic E-state index is 11.8. The number of hydrogen-bond donors (Lipinski definition) is 0. The van der Waals surface area contributed by atoms with Gasteiger partial charge in [-0.15, -0.1) is 11.3 Å². The fourth-order valence-electron chi connectivity index (χ4n) is 2.35. The van der Waals surface area contributed by atoms with Gasteiger partial charge >= 0.3 is 5.97 Å². The summed E-state index contributed by atoms with van der Waals surface area (Å²) in [4.78, 5) is 14.5. The van der Waals surface area contributed by atoms with Gasteiger partial charge in [-0.1, -0.05) is 0 Å². The van der Waals surface area contributed by atoms with Crippen LogP contribution in [0, 0.1) is 6.92 Å². The van der Waals surface area contributed by atoms with Crippen LogP contribution in [-0.2, 0) is 11.8 Å². The van der Waals surface area contributed by atoms with E-state index in [-0.39, 0.29) is 5.97 Å². The van der Waals surface area contributed by atoms with E-state index in [1.807, 2.05) is 24.5 Å². The molecule has 0 amide bonds. The highest BCUT2D eigenvalue weighted by atomic mass is 32.1. The predicted molar refractivity (Wildman–Crippen MR) is 79.2 cm³/mol. The molecule has 2 heterocycles. The van der Waals surface area contributed by atoms with Gasteiger partial charge in [-0.3, -0.25) is 4.68 Å². The lowest BCUT2D eigenvalue weighted by molar-refractivity contribution is 0.0518. The van der Waals surface area contributed by atoms with Crippen molar-refractivity contribution in [2.24, 2.45) is 7.05 Å². The standard InChI is InChI=1S/C15H18N2O2S/c1-4-19-15(18)12-8-13(17(3)16-12)11-7-14(10-5-6-10)20-9(11)2/h7-8,10H,4-6H2,1-3H3. The van der Waals surface area contributed by atoms with Crippen LogP contribution >= 0.6 is 11.3 Å². The maximum absolute atomic E-state index is 11.8. The molecular weight excluding hydrogens is 272 g/mol. The third-order valence-electron chi connectivity index (χ3n) is 3.56. The molecule has 2 aromatic rings. The lowest BCUT2D eigenvalue weighted by atomic mass is 10.1. The summed E-state index contributed by atoms with van der Waals surface area (Å²) in [5.41, 5.74) is 2.54. The molecule has 0 aliphatic heterocycles. The molecule has 3 rings (SSSR count). The average Bonchev–Trinajstić information content (AvgIpc) is 3.09. The number of aryl methyl sites for hydroxylation is 2. The minimum absolute atomic E-state index is 0.357. The topological polar surface area (TPSA) is 44.1 Å². The van der Waals surface area contributed by atoms with E-state index in [1.54, 1.807) is 11.6 Å². The van der Waals surface area contributed by atoms with Gasteiger partial charge in [0.2, 0.25) is 0 Å². The number of aromatic nitrogens is 2. The molecule has 0 N–H and O–H groups in total. The fourth-order valence-corrected chi connectivity index (χ4v) is 3.56. The first-order valence-electron chi connectivity index (χ1n) is 6.92. The van der Waals surface area contributed by atoms with E-state index in [9.17, 15) is 4.79 Å². The van der Waals surface area contributed by atoms with E-state index in [0.717, 1.165) is 11.6 Å². The van der Waals surface area contributed by atoms with Crippen molar-refractivity contribution < 1.29 is 9.53 Å². The first-order chi connectivity index (χ1) is 9.60. The Balaban J connectivity index is 1.95. The van der Waals surface area contributed by atoms with Gasteiger partial charge in [0.15, 0.2) is 5.69 Å².